The maximum atomic E-state index is 5.90. The fourth-order valence-electron chi connectivity index (χ4n) is 2.41. The number of rotatable bonds is 7. The third-order valence-corrected chi connectivity index (χ3v) is 3.75. The van der Waals surface area contributed by atoms with E-state index in [2.05, 4.69) is 6.58 Å². The van der Waals surface area contributed by atoms with Gasteiger partial charge in [-0.2, -0.15) is 0 Å². The Hall–Kier alpha value is -3.20. The molecule has 3 heteroatoms. The molecule has 0 saturated carbocycles. The van der Waals surface area contributed by atoms with Gasteiger partial charge < -0.3 is 15.2 Å². The third-order valence-electron chi connectivity index (χ3n) is 3.75. The maximum Gasteiger partial charge on any atom is 0.124 e. The van der Waals surface area contributed by atoms with Crippen LogP contribution in [0.1, 0.15) is 16.7 Å². The summed E-state index contributed by atoms with van der Waals surface area (Å²) in [5.74, 6) is 1.41. The van der Waals surface area contributed by atoms with E-state index >= 15 is 0 Å². The molecule has 0 saturated heterocycles. The largest absolute Gasteiger partial charge is 0.489 e. The molecular formula is C22H21NO2. The van der Waals surface area contributed by atoms with Crippen molar-refractivity contribution in [3.05, 3.63) is 102 Å². The summed E-state index contributed by atoms with van der Waals surface area (Å²) in [7, 11) is 0. The van der Waals surface area contributed by atoms with E-state index in [1.165, 1.54) is 0 Å². The monoisotopic (exact) mass is 331 g/mol. The molecule has 3 nitrogen and oxygen atoms in total. The summed E-state index contributed by atoms with van der Waals surface area (Å²) in [6.07, 6.45) is 0. The van der Waals surface area contributed by atoms with E-state index in [1.807, 2.05) is 78.9 Å². The molecule has 25 heavy (non-hydrogen) atoms. The average molecular weight is 331 g/mol. The zero-order chi connectivity index (χ0) is 17.5. The highest BCUT2D eigenvalue weighted by atomic mass is 16.5. The molecule has 0 fully saturated rings. The van der Waals surface area contributed by atoms with Crippen LogP contribution < -0.4 is 15.2 Å². The van der Waals surface area contributed by atoms with Gasteiger partial charge in [0.25, 0.3) is 0 Å². The van der Waals surface area contributed by atoms with Gasteiger partial charge in [0.05, 0.1) is 0 Å². The summed E-state index contributed by atoms with van der Waals surface area (Å²) in [6, 6.07) is 25.7. The van der Waals surface area contributed by atoms with E-state index in [4.69, 9.17) is 15.2 Å². The first-order valence-corrected chi connectivity index (χ1v) is 8.14. The van der Waals surface area contributed by atoms with Gasteiger partial charge in [0.1, 0.15) is 24.7 Å². The zero-order valence-electron chi connectivity index (χ0n) is 14.0. The highest BCUT2D eigenvalue weighted by Crippen LogP contribution is 2.26. The molecule has 0 aromatic heterocycles. The molecule has 0 amide bonds. The lowest BCUT2D eigenvalue weighted by atomic mass is 10.1. The van der Waals surface area contributed by atoms with Gasteiger partial charge in [-0.15, -0.1) is 0 Å². The van der Waals surface area contributed by atoms with Crippen molar-refractivity contribution in [1.29, 1.82) is 0 Å². The lowest BCUT2D eigenvalue weighted by Crippen LogP contribution is -2.01. The van der Waals surface area contributed by atoms with Gasteiger partial charge in [-0.05, 0) is 23.3 Å². The fraction of sp³-hybridized carbons (Fsp3) is 0.0909. The van der Waals surface area contributed by atoms with E-state index in [0.717, 1.165) is 16.7 Å². The second kappa shape index (κ2) is 8.06. The molecule has 0 heterocycles. The summed E-state index contributed by atoms with van der Waals surface area (Å²) in [5, 5.41) is 0. The Morgan fingerprint density at radius 2 is 1.16 bits per heavy atom. The number of hydrogen-bond acceptors (Lipinski definition) is 3. The second-order valence-electron chi connectivity index (χ2n) is 5.77. The van der Waals surface area contributed by atoms with Crippen molar-refractivity contribution in [1.82, 2.24) is 0 Å². The van der Waals surface area contributed by atoms with Crippen molar-refractivity contribution in [3.8, 4) is 11.5 Å². The topological polar surface area (TPSA) is 44.5 Å². The number of benzene rings is 3. The third kappa shape index (κ3) is 4.88. The fourth-order valence-corrected chi connectivity index (χ4v) is 2.41. The lowest BCUT2D eigenvalue weighted by molar-refractivity contribution is 0.290. The summed E-state index contributed by atoms with van der Waals surface area (Å²) >= 11 is 0. The molecular weight excluding hydrogens is 310 g/mol. The van der Waals surface area contributed by atoms with E-state index < -0.39 is 0 Å². The number of hydrogen-bond donors (Lipinski definition) is 1. The van der Waals surface area contributed by atoms with E-state index in [1.54, 1.807) is 0 Å². The molecule has 2 N–H and O–H groups in total. The highest BCUT2D eigenvalue weighted by molar-refractivity contribution is 5.63. The Balaban J connectivity index is 1.73. The standard InChI is InChI=1S/C22H21NO2/c1-17(23)20-12-21(24-15-18-8-4-2-5-9-18)14-22(13-20)25-16-19-10-6-3-7-11-19/h2-14H,1,15-16,23H2. The first-order valence-electron chi connectivity index (χ1n) is 8.14. The van der Waals surface area contributed by atoms with E-state index in [-0.39, 0.29) is 0 Å². The second-order valence-corrected chi connectivity index (χ2v) is 5.77. The molecule has 0 unspecified atom stereocenters. The minimum absolute atomic E-state index is 0.481. The molecule has 0 atom stereocenters. The Bertz CT molecular complexity index is 767. The van der Waals surface area contributed by atoms with Gasteiger partial charge in [-0.25, -0.2) is 0 Å². The molecule has 0 bridgehead atoms. The summed E-state index contributed by atoms with van der Waals surface area (Å²) in [6.45, 7) is 4.78. The summed E-state index contributed by atoms with van der Waals surface area (Å²) in [5.41, 5.74) is 9.35. The summed E-state index contributed by atoms with van der Waals surface area (Å²) < 4.78 is 11.8. The van der Waals surface area contributed by atoms with Crippen LogP contribution in [-0.4, -0.2) is 0 Å². The number of ether oxygens (including phenoxy) is 2. The van der Waals surface area contributed by atoms with Crippen molar-refractivity contribution in [2.45, 2.75) is 13.2 Å². The van der Waals surface area contributed by atoms with Crippen LogP contribution in [0.5, 0.6) is 11.5 Å². The minimum atomic E-state index is 0.481. The minimum Gasteiger partial charge on any atom is -0.489 e. The van der Waals surface area contributed by atoms with Crippen LogP contribution in [0.4, 0.5) is 0 Å². The Labute approximate surface area is 148 Å². The average Bonchev–Trinajstić information content (AvgIpc) is 2.66. The summed E-state index contributed by atoms with van der Waals surface area (Å²) in [4.78, 5) is 0. The van der Waals surface area contributed by atoms with E-state index in [9.17, 15) is 0 Å². The molecule has 3 rings (SSSR count). The molecule has 0 aliphatic carbocycles. The molecule has 0 spiro atoms. The van der Waals surface area contributed by atoms with Crippen molar-refractivity contribution < 1.29 is 9.47 Å². The van der Waals surface area contributed by atoms with Gasteiger partial charge in [0.15, 0.2) is 0 Å². The Kier molecular flexibility index (Phi) is 5.37. The van der Waals surface area contributed by atoms with Crippen LogP contribution in [0.3, 0.4) is 0 Å². The lowest BCUT2D eigenvalue weighted by Gasteiger charge is -2.12. The molecule has 126 valence electrons. The predicted molar refractivity (Wildman–Crippen MR) is 101 cm³/mol. The Morgan fingerprint density at radius 3 is 1.56 bits per heavy atom. The van der Waals surface area contributed by atoms with Gasteiger partial charge in [0, 0.05) is 17.3 Å². The van der Waals surface area contributed by atoms with Crippen LogP contribution in [0, 0.1) is 0 Å². The predicted octanol–water partition coefficient (Wildman–Crippen LogP) is 4.77. The van der Waals surface area contributed by atoms with E-state index in [0.29, 0.717) is 30.4 Å². The van der Waals surface area contributed by atoms with Crippen molar-refractivity contribution >= 4 is 5.70 Å². The normalized spacial score (nSPS) is 10.2. The molecule has 3 aromatic rings. The van der Waals surface area contributed by atoms with Crippen LogP contribution in [0.15, 0.2) is 85.4 Å². The first-order chi connectivity index (χ1) is 12.2. The van der Waals surface area contributed by atoms with Gasteiger partial charge in [0.2, 0.25) is 0 Å². The molecule has 0 radical (unpaired) electrons. The van der Waals surface area contributed by atoms with Crippen molar-refractivity contribution in [2.75, 3.05) is 0 Å². The molecule has 0 aliphatic rings. The van der Waals surface area contributed by atoms with Crippen LogP contribution in [0.2, 0.25) is 0 Å². The van der Waals surface area contributed by atoms with Crippen LogP contribution in [0.25, 0.3) is 5.70 Å². The molecule has 3 aromatic carbocycles. The smallest absolute Gasteiger partial charge is 0.124 e. The maximum absolute atomic E-state index is 5.90. The van der Waals surface area contributed by atoms with Crippen LogP contribution >= 0.6 is 0 Å². The molecule has 0 aliphatic heterocycles. The number of nitrogens with two attached hydrogens (primary N) is 1. The van der Waals surface area contributed by atoms with Crippen molar-refractivity contribution in [2.24, 2.45) is 5.73 Å². The van der Waals surface area contributed by atoms with Crippen molar-refractivity contribution in [3.63, 3.8) is 0 Å². The Morgan fingerprint density at radius 1 is 0.720 bits per heavy atom. The van der Waals surface area contributed by atoms with Gasteiger partial charge >= 0.3 is 0 Å². The van der Waals surface area contributed by atoms with Gasteiger partial charge in [-0.1, -0.05) is 67.2 Å². The van der Waals surface area contributed by atoms with Crippen LogP contribution in [-0.2, 0) is 13.2 Å². The van der Waals surface area contributed by atoms with Gasteiger partial charge in [-0.3, -0.25) is 0 Å². The highest BCUT2D eigenvalue weighted by Gasteiger charge is 2.06. The quantitative estimate of drug-likeness (QED) is 0.678. The zero-order valence-corrected chi connectivity index (χ0v) is 14.0. The first kappa shape index (κ1) is 16.7. The SMILES string of the molecule is C=C(N)c1cc(OCc2ccccc2)cc(OCc2ccccc2)c1.